The van der Waals surface area contributed by atoms with E-state index < -0.39 is 6.10 Å². The number of aryl methyl sites for hydroxylation is 1. The molecule has 4 nitrogen and oxygen atoms in total. The molecule has 0 fully saturated rings. The highest BCUT2D eigenvalue weighted by atomic mass is 16.5. The van der Waals surface area contributed by atoms with Crippen molar-refractivity contribution in [2.75, 3.05) is 12.4 Å². The maximum Gasteiger partial charge on any atom is 0.265 e. The van der Waals surface area contributed by atoms with Crippen molar-refractivity contribution in [2.24, 2.45) is 0 Å². The van der Waals surface area contributed by atoms with Crippen molar-refractivity contribution in [1.29, 1.82) is 0 Å². The highest BCUT2D eigenvalue weighted by molar-refractivity contribution is 5.94. The van der Waals surface area contributed by atoms with Crippen LogP contribution in [0.4, 0.5) is 5.69 Å². The summed E-state index contributed by atoms with van der Waals surface area (Å²) in [6.07, 6.45) is -0.623. The van der Waals surface area contributed by atoms with Gasteiger partial charge >= 0.3 is 0 Å². The zero-order valence-corrected chi connectivity index (χ0v) is 12.4. The molecule has 0 radical (unpaired) electrons. The molecule has 0 unspecified atom stereocenters. The fourth-order valence-electron chi connectivity index (χ4n) is 1.84. The van der Waals surface area contributed by atoms with Gasteiger partial charge in [-0.1, -0.05) is 29.8 Å². The zero-order chi connectivity index (χ0) is 15.2. The lowest BCUT2D eigenvalue weighted by Gasteiger charge is -2.16. The van der Waals surface area contributed by atoms with E-state index in [0.717, 1.165) is 11.3 Å². The quantitative estimate of drug-likeness (QED) is 0.915. The molecule has 0 spiro atoms. The minimum atomic E-state index is -0.623. The van der Waals surface area contributed by atoms with Crippen molar-refractivity contribution in [3.63, 3.8) is 0 Å². The Morgan fingerprint density at radius 3 is 2.29 bits per heavy atom. The number of hydrogen-bond donors (Lipinski definition) is 1. The van der Waals surface area contributed by atoms with Crippen LogP contribution >= 0.6 is 0 Å². The first kappa shape index (κ1) is 14.9. The molecule has 0 saturated heterocycles. The van der Waals surface area contributed by atoms with Crippen LogP contribution in [-0.2, 0) is 4.79 Å². The lowest BCUT2D eigenvalue weighted by molar-refractivity contribution is -0.122. The molecule has 110 valence electrons. The zero-order valence-electron chi connectivity index (χ0n) is 12.4. The first-order chi connectivity index (χ1) is 10.1. The highest BCUT2D eigenvalue weighted by Gasteiger charge is 2.16. The minimum absolute atomic E-state index is 0.204. The number of rotatable bonds is 5. The monoisotopic (exact) mass is 285 g/mol. The summed E-state index contributed by atoms with van der Waals surface area (Å²) in [4.78, 5) is 12.1. The number of methoxy groups -OCH3 is 1. The molecule has 0 aromatic heterocycles. The van der Waals surface area contributed by atoms with E-state index in [1.807, 2.05) is 43.3 Å². The molecule has 2 rings (SSSR count). The largest absolute Gasteiger partial charge is 0.493 e. The smallest absolute Gasteiger partial charge is 0.265 e. The van der Waals surface area contributed by atoms with Crippen LogP contribution in [0, 0.1) is 6.92 Å². The van der Waals surface area contributed by atoms with E-state index in [1.54, 1.807) is 26.2 Å². The van der Waals surface area contributed by atoms with E-state index in [-0.39, 0.29) is 5.91 Å². The van der Waals surface area contributed by atoms with Gasteiger partial charge in [0.05, 0.1) is 7.11 Å². The molecule has 0 aliphatic heterocycles. The molecule has 0 saturated carbocycles. The summed E-state index contributed by atoms with van der Waals surface area (Å²) in [6, 6.07) is 14.9. The van der Waals surface area contributed by atoms with Gasteiger partial charge in [0.2, 0.25) is 0 Å². The van der Waals surface area contributed by atoms with Gasteiger partial charge < -0.3 is 14.8 Å². The maximum atomic E-state index is 12.1. The summed E-state index contributed by atoms with van der Waals surface area (Å²) in [5, 5.41) is 2.82. The molecular weight excluding hydrogens is 266 g/mol. The topological polar surface area (TPSA) is 47.6 Å². The summed E-state index contributed by atoms with van der Waals surface area (Å²) < 4.78 is 10.9. The van der Waals surface area contributed by atoms with Gasteiger partial charge in [0.1, 0.15) is 0 Å². The van der Waals surface area contributed by atoms with Crippen molar-refractivity contribution in [3.05, 3.63) is 54.1 Å². The number of carbonyl (C=O) groups excluding carboxylic acids is 1. The Balaban J connectivity index is 2.01. The van der Waals surface area contributed by atoms with Crippen LogP contribution in [-0.4, -0.2) is 19.1 Å². The third-order valence-corrected chi connectivity index (χ3v) is 3.06. The summed E-state index contributed by atoms with van der Waals surface area (Å²) in [5.74, 6) is 0.948. The molecule has 1 N–H and O–H groups in total. The van der Waals surface area contributed by atoms with Crippen molar-refractivity contribution in [2.45, 2.75) is 20.0 Å². The summed E-state index contributed by atoms with van der Waals surface area (Å²) in [6.45, 7) is 3.70. The maximum absolute atomic E-state index is 12.1. The lowest BCUT2D eigenvalue weighted by Crippen LogP contribution is -2.30. The molecule has 2 aromatic carbocycles. The van der Waals surface area contributed by atoms with Gasteiger partial charge in [-0.3, -0.25) is 4.79 Å². The SMILES string of the molecule is COc1ccccc1O[C@@H](C)C(=O)Nc1ccc(C)cc1. The molecule has 0 aliphatic carbocycles. The Morgan fingerprint density at radius 2 is 1.67 bits per heavy atom. The van der Waals surface area contributed by atoms with Crippen molar-refractivity contribution in [3.8, 4) is 11.5 Å². The van der Waals surface area contributed by atoms with Gasteiger partial charge in [-0.05, 0) is 38.1 Å². The Bertz CT molecular complexity index is 608. The summed E-state index contributed by atoms with van der Waals surface area (Å²) >= 11 is 0. The predicted molar refractivity (Wildman–Crippen MR) is 82.9 cm³/mol. The second-order valence-corrected chi connectivity index (χ2v) is 4.77. The van der Waals surface area contributed by atoms with Gasteiger partial charge in [0.15, 0.2) is 17.6 Å². The highest BCUT2D eigenvalue weighted by Crippen LogP contribution is 2.26. The van der Waals surface area contributed by atoms with E-state index >= 15 is 0 Å². The molecule has 4 heteroatoms. The third-order valence-electron chi connectivity index (χ3n) is 3.06. The van der Waals surface area contributed by atoms with Crippen LogP contribution in [0.15, 0.2) is 48.5 Å². The number of nitrogens with one attached hydrogen (secondary N) is 1. The van der Waals surface area contributed by atoms with Crippen LogP contribution in [0.1, 0.15) is 12.5 Å². The van der Waals surface area contributed by atoms with Crippen molar-refractivity contribution in [1.82, 2.24) is 0 Å². The Labute approximate surface area is 124 Å². The number of ether oxygens (including phenoxy) is 2. The van der Waals surface area contributed by atoms with Crippen LogP contribution in [0.5, 0.6) is 11.5 Å². The average molecular weight is 285 g/mol. The van der Waals surface area contributed by atoms with Crippen molar-refractivity contribution >= 4 is 11.6 Å². The average Bonchev–Trinajstić information content (AvgIpc) is 2.50. The lowest BCUT2D eigenvalue weighted by atomic mass is 10.2. The van der Waals surface area contributed by atoms with Gasteiger partial charge in [0, 0.05) is 5.69 Å². The number of anilines is 1. The summed E-state index contributed by atoms with van der Waals surface area (Å²) in [5.41, 5.74) is 1.90. The second kappa shape index (κ2) is 6.79. The van der Waals surface area contributed by atoms with Crippen LogP contribution in [0.3, 0.4) is 0 Å². The number of benzene rings is 2. The third kappa shape index (κ3) is 3.99. The standard InChI is InChI=1S/C17H19NO3/c1-12-8-10-14(11-9-12)18-17(19)13(2)21-16-7-5-4-6-15(16)20-3/h4-11,13H,1-3H3,(H,18,19)/t13-/m0/s1. The fourth-order valence-corrected chi connectivity index (χ4v) is 1.84. The number of carbonyl (C=O) groups is 1. The van der Waals surface area contributed by atoms with E-state index in [4.69, 9.17) is 9.47 Å². The molecule has 0 heterocycles. The van der Waals surface area contributed by atoms with Crippen molar-refractivity contribution < 1.29 is 14.3 Å². The van der Waals surface area contributed by atoms with E-state index in [2.05, 4.69) is 5.32 Å². The van der Waals surface area contributed by atoms with Gasteiger partial charge in [-0.2, -0.15) is 0 Å². The molecule has 21 heavy (non-hydrogen) atoms. The van der Waals surface area contributed by atoms with E-state index in [0.29, 0.717) is 11.5 Å². The molecule has 1 atom stereocenters. The number of para-hydroxylation sites is 2. The normalized spacial score (nSPS) is 11.6. The van der Waals surface area contributed by atoms with Crippen LogP contribution in [0.25, 0.3) is 0 Å². The first-order valence-electron chi connectivity index (χ1n) is 6.77. The van der Waals surface area contributed by atoms with E-state index in [1.165, 1.54) is 0 Å². The molecule has 0 aliphatic rings. The fraction of sp³-hybridized carbons (Fsp3) is 0.235. The Kier molecular flexibility index (Phi) is 4.82. The Hall–Kier alpha value is -2.49. The molecule has 1 amide bonds. The molecular formula is C17H19NO3. The number of hydrogen-bond acceptors (Lipinski definition) is 3. The van der Waals surface area contributed by atoms with Crippen LogP contribution in [0.2, 0.25) is 0 Å². The summed E-state index contributed by atoms with van der Waals surface area (Å²) in [7, 11) is 1.57. The Morgan fingerprint density at radius 1 is 1.05 bits per heavy atom. The minimum Gasteiger partial charge on any atom is -0.493 e. The molecule has 0 bridgehead atoms. The van der Waals surface area contributed by atoms with E-state index in [9.17, 15) is 4.79 Å². The number of amides is 1. The van der Waals surface area contributed by atoms with Gasteiger partial charge in [-0.15, -0.1) is 0 Å². The predicted octanol–water partition coefficient (Wildman–Crippen LogP) is 3.41. The second-order valence-electron chi connectivity index (χ2n) is 4.77. The van der Waals surface area contributed by atoms with Gasteiger partial charge in [-0.25, -0.2) is 0 Å². The molecule has 2 aromatic rings. The first-order valence-corrected chi connectivity index (χ1v) is 6.77. The van der Waals surface area contributed by atoms with Crippen LogP contribution < -0.4 is 14.8 Å². The van der Waals surface area contributed by atoms with Gasteiger partial charge in [0.25, 0.3) is 5.91 Å².